The van der Waals surface area contributed by atoms with Crippen molar-refractivity contribution >= 4 is 11.8 Å². The average Bonchev–Trinajstić information content (AvgIpc) is 2.77. The maximum Gasteiger partial charge on any atom is 0.239 e. The lowest BCUT2D eigenvalue weighted by atomic mass is 10.2. The highest BCUT2D eigenvalue weighted by atomic mass is 16.5. The SMILES string of the molecule is COC1CCC(NC(=O)C2CNC(=O)CN2)C1. The molecule has 17 heavy (non-hydrogen) atoms. The third-order valence-corrected chi connectivity index (χ3v) is 3.39. The van der Waals surface area contributed by atoms with Gasteiger partial charge in [0.15, 0.2) is 0 Å². The largest absolute Gasteiger partial charge is 0.381 e. The van der Waals surface area contributed by atoms with Gasteiger partial charge in [0.1, 0.15) is 6.04 Å². The van der Waals surface area contributed by atoms with Gasteiger partial charge in [-0.05, 0) is 19.3 Å². The standard InChI is InChI=1S/C11H19N3O3/c1-17-8-3-2-7(4-8)14-11(16)9-5-13-10(15)6-12-9/h7-9,12H,2-6H2,1H3,(H,13,15)(H,14,16). The molecule has 3 atom stereocenters. The summed E-state index contributed by atoms with van der Waals surface area (Å²) in [5.74, 6) is -0.0962. The Labute approximate surface area is 100 Å². The highest BCUT2D eigenvalue weighted by Gasteiger charge is 2.29. The predicted molar refractivity (Wildman–Crippen MR) is 61.4 cm³/mol. The Morgan fingerprint density at radius 1 is 1.47 bits per heavy atom. The van der Waals surface area contributed by atoms with Crippen molar-refractivity contribution in [3.8, 4) is 0 Å². The van der Waals surface area contributed by atoms with E-state index in [2.05, 4.69) is 16.0 Å². The highest BCUT2D eigenvalue weighted by Crippen LogP contribution is 2.21. The van der Waals surface area contributed by atoms with Gasteiger partial charge < -0.3 is 15.4 Å². The van der Waals surface area contributed by atoms with Gasteiger partial charge in [0, 0.05) is 19.7 Å². The minimum Gasteiger partial charge on any atom is -0.381 e. The first-order valence-corrected chi connectivity index (χ1v) is 6.02. The Hall–Kier alpha value is -1.14. The fourth-order valence-corrected chi connectivity index (χ4v) is 2.34. The summed E-state index contributed by atoms with van der Waals surface area (Å²) in [6, 6.07) is -0.110. The zero-order valence-corrected chi connectivity index (χ0v) is 9.99. The molecule has 6 nitrogen and oxygen atoms in total. The van der Waals surface area contributed by atoms with Crippen LogP contribution in [0.2, 0.25) is 0 Å². The summed E-state index contributed by atoms with van der Waals surface area (Å²) in [6.45, 7) is 0.578. The van der Waals surface area contributed by atoms with Gasteiger partial charge in [0.2, 0.25) is 11.8 Å². The second kappa shape index (κ2) is 5.46. The Balaban J connectivity index is 1.75. The molecular formula is C11H19N3O3. The molecule has 1 aliphatic carbocycles. The van der Waals surface area contributed by atoms with Crippen LogP contribution in [0.1, 0.15) is 19.3 Å². The van der Waals surface area contributed by atoms with E-state index >= 15 is 0 Å². The van der Waals surface area contributed by atoms with Crippen molar-refractivity contribution in [1.82, 2.24) is 16.0 Å². The monoisotopic (exact) mass is 241 g/mol. The molecule has 1 heterocycles. The van der Waals surface area contributed by atoms with Crippen LogP contribution in [0.5, 0.6) is 0 Å². The molecule has 0 aromatic heterocycles. The predicted octanol–water partition coefficient (Wildman–Crippen LogP) is -1.24. The van der Waals surface area contributed by atoms with E-state index in [-0.39, 0.29) is 36.5 Å². The molecule has 2 fully saturated rings. The summed E-state index contributed by atoms with van der Waals surface area (Å²) in [4.78, 5) is 22.8. The van der Waals surface area contributed by atoms with Gasteiger partial charge in [-0.25, -0.2) is 0 Å². The molecular weight excluding hydrogens is 222 g/mol. The number of piperazine rings is 1. The smallest absolute Gasteiger partial charge is 0.239 e. The van der Waals surface area contributed by atoms with Crippen molar-refractivity contribution in [3.05, 3.63) is 0 Å². The van der Waals surface area contributed by atoms with Gasteiger partial charge in [0.05, 0.1) is 12.6 Å². The molecule has 0 radical (unpaired) electrons. The third kappa shape index (κ3) is 3.17. The first-order chi connectivity index (χ1) is 8.19. The molecule has 2 rings (SSSR count). The summed E-state index contributed by atoms with van der Waals surface area (Å²) >= 11 is 0. The maximum atomic E-state index is 11.9. The number of ether oxygens (including phenoxy) is 1. The molecule has 2 aliphatic rings. The van der Waals surface area contributed by atoms with Gasteiger partial charge in [-0.2, -0.15) is 0 Å². The van der Waals surface area contributed by atoms with Crippen molar-refractivity contribution in [1.29, 1.82) is 0 Å². The van der Waals surface area contributed by atoms with E-state index in [1.165, 1.54) is 0 Å². The lowest BCUT2D eigenvalue weighted by molar-refractivity contribution is -0.127. The number of carbonyl (C=O) groups is 2. The highest BCUT2D eigenvalue weighted by molar-refractivity contribution is 5.86. The summed E-state index contributed by atoms with van der Waals surface area (Å²) in [5, 5.41) is 8.58. The van der Waals surface area contributed by atoms with Crippen LogP contribution < -0.4 is 16.0 Å². The van der Waals surface area contributed by atoms with Crippen LogP contribution in [0.25, 0.3) is 0 Å². The van der Waals surface area contributed by atoms with Gasteiger partial charge in [-0.1, -0.05) is 0 Å². The molecule has 3 unspecified atom stereocenters. The molecule has 0 aromatic rings. The van der Waals surface area contributed by atoms with Crippen LogP contribution in [0.3, 0.4) is 0 Å². The van der Waals surface area contributed by atoms with E-state index in [0.29, 0.717) is 6.54 Å². The van der Waals surface area contributed by atoms with E-state index < -0.39 is 0 Å². The van der Waals surface area contributed by atoms with Crippen LogP contribution in [0, 0.1) is 0 Å². The van der Waals surface area contributed by atoms with Crippen molar-refractivity contribution in [2.75, 3.05) is 20.2 Å². The number of amides is 2. The first-order valence-electron chi connectivity index (χ1n) is 6.02. The van der Waals surface area contributed by atoms with E-state index in [1.54, 1.807) is 7.11 Å². The fourth-order valence-electron chi connectivity index (χ4n) is 2.34. The van der Waals surface area contributed by atoms with Crippen LogP contribution in [-0.4, -0.2) is 50.2 Å². The zero-order valence-electron chi connectivity index (χ0n) is 9.99. The molecule has 2 amide bonds. The van der Waals surface area contributed by atoms with Crippen molar-refractivity contribution in [3.63, 3.8) is 0 Å². The Morgan fingerprint density at radius 2 is 2.29 bits per heavy atom. The van der Waals surface area contributed by atoms with Gasteiger partial charge in [-0.15, -0.1) is 0 Å². The van der Waals surface area contributed by atoms with Gasteiger partial charge in [0.25, 0.3) is 0 Å². The number of nitrogens with one attached hydrogen (secondary N) is 3. The Morgan fingerprint density at radius 3 is 2.88 bits per heavy atom. The molecule has 3 N–H and O–H groups in total. The lowest BCUT2D eigenvalue weighted by Crippen LogP contribution is -2.58. The first kappa shape index (κ1) is 12.3. The summed E-state index contributed by atoms with van der Waals surface area (Å²) in [6.07, 6.45) is 3.10. The van der Waals surface area contributed by atoms with Crippen LogP contribution in [0.15, 0.2) is 0 Å². The minimum atomic E-state index is -0.311. The summed E-state index contributed by atoms with van der Waals surface area (Å²) in [5.41, 5.74) is 0. The second-order valence-corrected chi connectivity index (χ2v) is 4.61. The molecule has 6 heteroatoms. The van der Waals surface area contributed by atoms with E-state index in [1.807, 2.05) is 0 Å². The van der Waals surface area contributed by atoms with Gasteiger partial charge in [-0.3, -0.25) is 14.9 Å². The minimum absolute atomic E-state index is 0.0354. The van der Waals surface area contributed by atoms with Crippen molar-refractivity contribution in [2.45, 2.75) is 37.5 Å². The van der Waals surface area contributed by atoms with Crippen LogP contribution >= 0.6 is 0 Å². The third-order valence-electron chi connectivity index (χ3n) is 3.39. The molecule has 0 bridgehead atoms. The molecule has 1 aliphatic heterocycles. The Bertz CT molecular complexity index is 298. The summed E-state index contributed by atoms with van der Waals surface area (Å²) < 4.78 is 5.26. The van der Waals surface area contributed by atoms with E-state index in [9.17, 15) is 9.59 Å². The zero-order chi connectivity index (χ0) is 12.3. The molecule has 1 saturated carbocycles. The normalized spacial score (nSPS) is 33.2. The van der Waals surface area contributed by atoms with E-state index in [4.69, 9.17) is 4.74 Å². The molecule has 0 spiro atoms. The number of rotatable bonds is 3. The number of hydrogen-bond donors (Lipinski definition) is 3. The van der Waals surface area contributed by atoms with Crippen LogP contribution in [-0.2, 0) is 14.3 Å². The number of hydrogen-bond acceptors (Lipinski definition) is 4. The quantitative estimate of drug-likeness (QED) is 0.577. The summed E-state index contributed by atoms with van der Waals surface area (Å²) in [7, 11) is 1.70. The molecule has 0 aromatic carbocycles. The fraction of sp³-hybridized carbons (Fsp3) is 0.818. The van der Waals surface area contributed by atoms with Crippen LogP contribution in [0.4, 0.5) is 0 Å². The maximum absolute atomic E-state index is 11.9. The molecule has 1 saturated heterocycles. The van der Waals surface area contributed by atoms with Crippen molar-refractivity contribution in [2.24, 2.45) is 0 Å². The lowest BCUT2D eigenvalue weighted by Gasteiger charge is -2.24. The number of methoxy groups -OCH3 is 1. The topological polar surface area (TPSA) is 79.5 Å². The average molecular weight is 241 g/mol. The van der Waals surface area contributed by atoms with E-state index in [0.717, 1.165) is 19.3 Å². The van der Waals surface area contributed by atoms with Gasteiger partial charge >= 0.3 is 0 Å². The second-order valence-electron chi connectivity index (χ2n) is 4.61. The molecule has 96 valence electrons. The number of carbonyl (C=O) groups excluding carboxylic acids is 2. The Kier molecular flexibility index (Phi) is 3.96. The van der Waals surface area contributed by atoms with Crippen molar-refractivity contribution < 1.29 is 14.3 Å².